The van der Waals surface area contributed by atoms with Crippen molar-refractivity contribution in [3.05, 3.63) is 42.0 Å². The smallest absolute Gasteiger partial charge is 0.317 e. The molecule has 0 N–H and O–H groups in total. The van der Waals surface area contributed by atoms with Crippen molar-refractivity contribution < 1.29 is 14.3 Å². The van der Waals surface area contributed by atoms with Crippen molar-refractivity contribution in [1.82, 2.24) is 0 Å². The van der Waals surface area contributed by atoms with E-state index in [1.165, 1.54) is 0 Å². The molecule has 1 unspecified atom stereocenters. The quantitative estimate of drug-likeness (QED) is 0.578. The van der Waals surface area contributed by atoms with E-state index in [4.69, 9.17) is 9.47 Å². The maximum atomic E-state index is 11.9. The number of ether oxygens (including phenoxy) is 2. The van der Waals surface area contributed by atoms with Crippen LogP contribution in [0.4, 0.5) is 0 Å². The molecule has 0 radical (unpaired) electrons. The molecule has 1 atom stereocenters. The first-order chi connectivity index (χ1) is 9.20. The van der Waals surface area contributed by atoms with Crippen molar-refractivity contribution in [3.8, 4) is 11.5 Å². The standard InChI is InChI=1S/C16H14O3/c1-10-7-8-11-9-14(18-2)12-5-3-4-6-13(12)15(11)19-16(10)17/h3-10H,1-2H3. The Kier molecular flexibility index (Phi) is 2.75. The zero-order valence-corrected chi connectivity index (χ0v) is 10.8. The first-order valence-corrected chi connectivity index (χ1v) is 6.20. The summed E-state index contributed by atoms with van der Waals surface area (Å²) in [5.74, 6) is 0.925. The number of rotatable bonds is 1. The summed E-state index contributed by atoms with van der Waals surface area (Å²) in [6.07, 6.45) is 3.77. The Bertz CT molecular complexity index is 686. The fraction of sp³-hybridized carbons (Fsp3) is 0.188. The van der Waals surface area contributed by atoms with Crippen LogP contribution >= 0.6 is 0 Å². The molecule has 96 valence electrons. The molecule has 0 amide bonds. The van der Waals surface area contributed by atoms with E-state index in [1.54, 1.807) is 7.11 Å². The van der Waals surface area contributed by atoms with Gasteiger partial charge in [-0.05, 0) is 13.0 Å². The Labute approximate surface area is 111 Å². The van der Waals surface area contributed by atoms with Crippen LogP contribution < -0.4 is 9.47 Å². The maximum Gasteiger partial charge on any atom is 0.317 e. The molecule has 0 bridgehead atoms. The van der Waals surface area contributed by atoms with Crippen molar-refractivity contribution in [1.29, 1.82) is 0 Å². The van der Waals surface area contributed by atoms with Crippen molar-refractivity contribution in [2.75, 3.05) is 7.11 Å². The van der Waals surface area contributed by atoms with E-state index < -0.39 is 0 Å². The third-order valence-corrected chi connectivity index (χ3v) is 3.34. The van der Waals surface area contributed by atoms with Crippen LogP contribution in [0.3, 0.4) is 0 Å². The molecule has 3 nitrogen and oxygen atoms in total. The SMILES string of the molecule is COc1cc2c(c3ccccc13)OC(=O)C(C)C=C2. The minimum Gasteiger partial charge on any atom is -0.496 e. The number of esters is 1. The van der Waals surface area contributed by atoms with Crippen LogP contribution in [0.1, 0.15) is 12.5 Å². The van der Waals surface area contributed by atoms with E-state index in [2.05, 4.69) is 0 Å². The van der Waals surface area contributed by atoms with Crippen LogP contribution in [-0.2, 0) is 4.79 Å². The number of carbonyl (C=O) groups is 1. The van der Waals surface area contributed by atoms with Gasteiger partial charge in [-0.25, -0.2) is 0 Å². The van der Waals surface area contributed by atoms with Gasteiger partial charge in [0.2, 0.25) is 0 Å². The van der Waals surface area contributed by atoms with Crippen LogP contribution in [0, 0.1) is 5.92 Å². The molecule has 1 heterocycles. The maximum absolute atomic E-state index is 11.9. The monoisotopic (exact) mass is 254 g/mol. The minimum absolute atomic E-state index is 0.231. The van der Waals surface area contributed by atoms with Gasteiger partial charge in [0, 0.05) is 16.3 Å². The van der Waals surface area contributed by atoms with Crippen LogP contribution in [-0.4, -0.2) is 13.1 Å². The van der Waals surface area contributed by atoms with Crippen molar-refractivity contribution in [2.24, 2.45) is 5.92 Å². The molecule has 0 saturated carbocycles. The number of methoxy groups -OCH3 is 1. The molecule has 3 heteroatoms. The highest BCUT2D eigenvalue weighted by molar-refractivity contribution is 5.99. The third kappa shape index (κ3) is 1.87. The largest absolute Gasteiger partial charge is 0.496 e. The van der Waals surface area contributed by atoms with Gasteiger partial charge in [-0.2, -0.15) is 0 Å². The molecule has 0 aromatic heterocycles. The van der Waals surface area contributed by atoms with E-state index in [0.29, 0.717) is 5.75 Å². The van der Waals surface area contributed by atoms with E-state index in [9.17, 15) is 4.79 Å². The molecular formula is C16H14O3. The van der Waals surface area contributed by atoms with E-state index >= 15 is 0 Å². The Hall–Kier alpha value is -2.29. The number of hydrogen-bond acceptors (Lipinski definition) is 3. The summed E-state index contributed by atoms with van der Waals surface area (Å²) in [7, 11) is 1.64. The lowest BCUT2D eigenvalue weighted by Crippen LogP contribution is -2.14. The lowest BCUT2D eigenvalue weighted by molar-refractivity contribution is -0.136. The summed E-state index contributed by atoms with van der Waals surface area (Å²) in [6, 6.07) is 9.66. The van der Waals surface area contributed by atoms with E-state index in [1.807, 2.05) is 49.4 Å². The first kappa shape index (κ1) is 11.8. The second-order valence-electron chi connectivity index (χ2n) is 4.61. The average molecular weight is 254 g/mol. The second-order valence-corrected chi connectivity index (χ2v) is 4.61. The lowest BCUT2D eigenvalue weighted by atomic mass is 10.0. The summed E-state index contributed by atoms with van der Waals surface area (Å²) in [6.45, 7) is 1.82. The zero-order chi connectivity index (χ0) is 13.4. The highest BCUT2D eigenvalue weighted by Gasteiger charge is 2.21. The summed E-state index contributed by atoms with van der Waals surface area (Å²) in [4.78, 5) is 11.9. The topological polar surface area (TPSA) is 35.5 Å². The van der Waals surface area contributed by atoms with Gasteiger partial charge in [0.25, 0.3) is 0 Å². The number of fused-ring (bicyclic) bond motifs is 3. The van der Waals surface area contributed by atoms with Crippen LogP contribution in [0.5, 0.6) is 11.5 Å². The summed E-state index contributed by atoms with van der Waals surface area (Å²) in [5, 5.41) is 1.84. The van der Waals surface area contributed by atoms with Gasteiger partial charge in [0.05, 0.1) is 13.0 Å². The molecule has 1 aliphatic heterocycles. The highest BCUT2D eigenvalue weighted by atomic mass is 16.5. The van der Waals surface area contributed by atoms with E-state index in [-0.39, 0.29) is 11.9 Å². The molecule has 0 aliphatic carbocycles. The summed E-state index contributed by atoms with van der Waals surface area (Å²) < 4.78 is 10.9. The van der Waals surface area contributed by atoms with Gasteiger partial charge in [0.1, 0.15) is 11.5 Å². The fourth-order valence-electron chi connectivity index (χ4n) is 2.26. The van der Waals surface area contributed by atoms with E-state index in [0.717, 1.165) is 22.1 Å². The van der Waals surface area contributed by atoms with Crippen LogP contribution in [0.25, 0.3) is 16.8 Å². The Balaban J connectivity index is 2.33. The second kappa shape index (κ2) is 4.43. The molecule has 2 aromatic rings. The summed E-state index contributed by atoms with van der Waals surface area (Å²) in [5.41, 5.74) is 0.869. The van der Waals surface area contributed by atoms with Gasteiger partial charge in [0.15, 0.2) is 0 Å². The van der Waals surface area contributed by atoms with Crippen molar-refractivity contribution in [2.45, 2.75) is 6.92 Å². The Morgan fingerprint density at radius 3 is 2.68 bits per heavy atom. The van der Waals surface area contributed by atoms with Gasteiger partial charge < -0.3 is 9.47 Å². The minimum atomic E-state index is -0.239. The molecular weight excluding hydrogens is 240 g/mol. The molecule has 2 aromatic carbocycles. The fourth-order valence-corrected chi connectivity index (χ4v) is 2.26. The highest BCUT2D eigenvalue weighted by Crippen LogP contribution is 2.38. The molecule has 1 aliphatic rings. The van der Waals surface area contributed by atoms with Gasteiger partial charge in [-0.1, -0.05) is 36.4 Å². The number of benzene rings is 2. The van der Waals surface area contributed by atoms with Gasteiger partial charge in [-0.3, -0.25) is 4.79 Å². The third-order valence-electron chi connectivity index (χ3n) is 3.34. The summed E-state index contributed by atoms with van der Waals surface area (Å²) >= 11 is 0. The first-order valence-electron chi connectivity index (χ1n) is 6.20. The normalized spacial score (nSPS) is 17.8. The zero-order valence-electron chi connectivity index (χ0n) is 10.8. The number of carbonyl (C=O) groups excluding carboxylic acids is 1. The predicted molar refractivity (Wildman–Crippen MR) is 74.3 cm³/mol. The Morgan fingerprint density at radius 1 is 1.21 bits per heavy atom. The van der Waals surface area contributed by atoms with Crippen molar-refractivity contribution >= 4 is 22.8 Å². The van der Waals surface area contributed by atoms with Crippen LogP contribution in [0.15, 0.2) is 36.4 Å². The van der Waals surface area contributed by atoms with Crippen molar-refractivity contribution in [3.63, 3.8) is 0 Å². The predicted octanol–water partition coefficient (Wildman–Crippen LogP) is 3.42. The molecule has 3 rings (SSSR count). The van der Waals surface area contributed by atoms with Crippen LogP contribution in [0.2, 0.25) is 0 Å². The van der Waals surface area contributed by atoms with Gasteiger partial charge >= 0.3 is 5.97 Å². The molecule has 0 spiro atoms. The molecule has 19 heavy (non-hydrogen) atoms. The number of hydrogen-bond donors (Lipinski definition) is 0. The Morgan fingerprint density at radius 2 is 1.95 bits per heavy atom. The molecule has 0 fully saturated rings. The average Bonchev–Trinajstić information content (AvgIpc) is 2.58. The lowest BCUT2D eigenvalue weighted by Gasteiger charge is -2.13. The van der Waals surface area contributed by atoms with Gasteiger partial charge in [-0.15, -0.1) is 0 Å². The molecule has 0 saturated heterocycles.